The number of anilines is 1. The van der Waals surface area contributed by atoms with Crippen molar-refractivity contribution in [3.63, 3.8) is 0 Å². The summed E-state index contributed by atoms with van der Waals surface area (Å²) in [7, 11) is 1.59. The minimum Gasteiger partial charge on any atom is -0.497 e. The number of carboxylic acids is 1. The molecule has 0 aliphatic carbocycles. The largest absolute Gasteiger partial charge is 0.497 e. The summed E-state index contributed by atoms with van der Waals surface area (Å²) < 4.78 is 10.8. The third kappa shape index (κ3) is 5.84. The molecule has 0 heterocycles. The molecule has 6 nitrogen and oxygen atoms in total. The van der Waals surface area contributed by atoms with E-state index >= 15 is 0 Å². The Bertz CT molecular complexity index is 964. The SMILES string of the molecule is COc1ccc(NC(=O)c2ccc(OCc3ccc(CC(=O)O)cc3)cc2)cc1. The number of nitrogens with one attached hydrogen (secondary N) is 1. The Morgan fingerprint density at radius 1 is 0.828 bits per heavy atom. The average Bonchev–Trinajstić information content (AvgIpc) is 2.74. The summed E-state index contributed by atoms with van der Waals surface area (Å²) in [6.07, 6.45) is 0.00118. The van der Waals surface area contributed by atoms with Crippen LogP contribution in [0.25, 0.3) is 0 Å². The lowest BCUT2D eigenvalue weighted by Gasteiger charge is -2.09. The lowest BCUT2D eigenvalue weighted by Crippen LogP contribution is -2.11. The molecule has 0 aliphatic rings. The van der Waals surface area contributed by atoms with Crippen LogP contribution >= 0.6 is 0 Å². The number of hydrogen-bond acceptors (Lipinski definition) is 4. The highest BCUT2D eigenvalue weighted by molar-refractivity contribution is 6.04. The first-order valence-corrected chi connectivity index (χ1v) is 9.01. The highest BCUT2D eigenvalue weighted by Gasteiger charge is 2.07. The number of carbonyl (C=O) groups is 2. The number of aliphatic carboxylic acids is 1. The van der Waals surface area contributed by atoms with Crippen molar-refractivity contribution in [2.75, 3.05) is 12.4 Å². The van der Waals surface area contributed by atoms with Gasteiger partial charge in [0.1, 0.15) is 18.1 Å². The standard InChI is InChI=1S/C23H21NO5/c1-28-20-12-8-19(9-13-20)24-23(27)18-6-10-21(11-7-18)29-15-17-4-2-16(3-5-17)14-22(25)26/h2-13H,14-15H2,1H3,(H,24,27)(H,25,26). The normalized spacial score (nSPS) is 10.2. The summed E-state index contributed by atoms with van der Waals surface area (Å²) in [5.74, 6) is 0.294. The van der Waals surface area contributed by atoms with Crippen LogP contribution in [0.1, 0.15) is 21.5 Å². The highest BCUT2D eigenvalue weighted by Crippen LogP contribution is 2.18. The van der Waals surface area contributed by atoms with Crippen molar-refractivity contribution in [2.24, 2.45) is 0 Å². The van der Waals surface area contributed by atoms with E-state index in [2.05, 4.69) is 5.32 Å². The van der Waals surface area contributed by atoms with Crippen LogP contribution in [-0.2, 0) is 17.8 Å². The summed E-state index contributed by atoms with van der Waals surface area (Å²) in [6.45, 7) is 0.352. The maximum Gasteiger partial charge on any atom is 0.307 e. The van der Waals surface area contributed by atoms with Crippen LogP contribution in [0.5, 0.6) is 11.5 Å². The Morgan fingerprint density at radius 3 is 2.00 bits per heavy atom. The average molecular weight is 391 g/mol. The van der Waals surface area contributed by atoms with Crippen LogP contribution in [0.3, 0.4) is 0 Å². The predicted molar refractivity (Wildman–Crippen MR) is 110 cm³/mol. The summed E-state index contributed by atoms with van der Waals surface area (Å²) in [5, 5.41) is 11.6. The van der Waals surface area contributed by atoms with Gasteiger partial charge < -0.3 is 19.9 Å². The van der Waals surface area contributed by atoms with E-state index in [1.54, 1.807) is 67.8 Å². The van der Waals surface area contributed by atoms with E-state index in [1.807, 2.05) is 12.1 Å². The molecule has 0 atom stereocenters. The minimum atomic E-state index is -0.856. The van der Waals surface area contributed by atoms with Gasteiger partial charge in [0.15, 0.2) is 0 Å². The molecule has 0 fully saturated rings. The third-order valence-electron chi connectivity index (χ3n) is 4.25. The Kier molecular flexibility index (Phi) is 6.47. The molecule has 0 unspecified atom stereocenters. The molecule has 29 heavy (non-hydrogen) atoms. The predicted octanol–water partition coefficient (Wildman–Crippen LogP) is 4.15. The molecule has 0 aliphatic heterocycles. The van der Waals surface area contributed by atoms with E-state index in [4.69, 9.17) is 14.6 Å². The van der Waals surface area contributed by atoms with Crippen LogP contribution in [0.4, 0.5) is 5.69 Å². The summed E-state index contributed by atoms with van der Waals surface area (Å²) in [6, 6.07) is 21.2. The molecule has 3 aromatic carbocycles. The molecule has 0 bridgehead atoms. The zero-order chi connectivity index (χ0) is 20.6. The van der Waals surface area contributed by atoms with Crippen LogP contribution in [0.2, 0.25) is 0 Å². The molecule has 3 aromatic rings. The van der Waals surface area contributed by atoms with E-state index < -0.39 is 5.97 Å². The molecule has 0 radical (unpaired) electrons. The maximum atomic E-state index is 12.3. The van der Waals surface area contributed by atoms with E-state index in [1.165, 1.54) is 0 Å². The van der Waals surface area contributed by atoms with Crippen LogP contribution in [0, 0.1) is 0 Å². The number of methoxy groups -OCH3 is 1. The van der Waals surface area contributed by atoms with Crippen molar-refractivity contribution in [2.45, 2.75) is 13.0 Å². The molecule has 6 heteroatoms. The highest BCUT2D eigenvalue weighted by atomic mass is 16.5. The van der Waals surface area contributed by atoms with Crippen LogP contribution in [-0.4, -0.2) is 24.1 Å². The van der Waals surface area contributed by atoms with Gasteiger partial charge in [-0.25, -0.2) is 0 Å². The lowest BCUT2D eigenvalue weighted by molar-refractivity contribution is -0.136. The number of carbonyl (C=O) groups excluding carboxylic acids is 1. The zero-order valence-corrected chi connectivity index (χ0v) is 15.9. The molecule has 1 amide bonds. The summed E-state index contributed by atoms with van der Waals surface area (Å²) >= 11 is 0. The molecule has 0 saturated heterocycles. The molecular weight excluding hydrogens is 370 g/mol. The molecule has 0 spiro atoms. The van der Waals surface area contributed by atoms with Crippen LogP contribution < -0.4 is 14.8 Å². The molecular formula is C23H21NO5. The maximum absolute atomic E-state index is 12.3. The monoisotopic (exact) mass is 391 g/mol. The van der Waals surface area contributed by atoms with Crippen molar-refractivity contribution >= 4 is 17.6 Å². The number of rotatable bonds is 8. The van der Waals surface area contributed by atoms with Gasteiger partial charge in [-0.05, 0) is 59.7 Å². The summed E-state index contributed by atoms with van der Waals surface area (Å²) in [5.41, 5.74) is 2.88. The zero-order valence-electron chi connectivity index (χ0n) is 15.9. The van der Waals surface area contributed by atoms with Gasteiger partial charge >= 0.3 is 5.97 Å². The van der Waals surface area contributed by atoms with Gasteiger partial charge in [0.2, 0.25) is 0 Å². The van der Waals surface area contributed by atoms with Crippen molar-refractivity contribution in [3.8, 4) is 11.5 Å². The third-order valence-corrected chi connectivity index (χ3v) is 4.25. The van der Waals surface area contributed by atoms with Gasteiger partial charge in [0.25, 0.3) is 5.91 Å². The van der Waals surface area contributed by atoms with E-state index in [9.17, 15) is 9.59 Å². The molecule has 3 rings (SSSR count). The molecule has 148 valence electrons. The fraction of sp³-hybridized carbons (Fsp3) is 0.130. The first-order valence-electron chi connectivity index (χ1n) is 9.01. The Balaban J connectivity index is 1.53. The van der Waals surface area contributed by atoms with E-state index in [0.717, 1.165) is 16.9 Å². The number of carboxylic acid groups (broad SMARTS) is 1. The molecule has 0 saturated carbocycles. The number of hydrogen-bond donors (Lipinski definition) is 2. The molecule has 0 aromatic heterocycles. The lowest BCUT2D eigenvalue weighted by atomic mass is 10.1. The quantitative estimate of drug-likeness (QED) is 0.602. The second kappa shape index (κ2) is 9.41. The second-order valence-electron chi connectivity index (χ2n) is 6.38. The number of amides is 1. The van der Waals surface area contributed by atoms with Gasteiger partial charge in [0.05, 0.1) is 13.5 Å². The number of ether oxygens (including phenoxy) is 2. The summed E-state index contributed by atoms with van der Waals surface area (Å²) in [4.78, 5) is 23.1. The minimum absolute atomic E-state index is 0.00118. The second-order valence-corrected chi connectivity index (χ2v) is 6.38. The van der Waals surface area contributed by atoms with Crippen molar-refractivity contribution < 1.29 is 24.2 Å². The van der Waals surface area contributed by atoms with Gasteiger partial charge in [0, 0.05) is 11.3 Å². The first kappa shape index (κ1) is 19.9. The van der Waals surface area contributed by atoms with Crippen molar-refractivity contribution in [3.05, 3.63) is 89.5 Å². The Morgan fingerprint density at radius 2 is 1.41 bits per heavy atom. The van der Waals surface area contributed by atoms with Gasteiger partial charge in [-0.3, -0.25) is 9.59 Å². The van der Waals surface area contributed by atoms with Crippen molar-refractivity contribution in [1.29, 1.82) is 0 Å². The van der Waals surface area contributed by atoms with Gasteiger partial charge in [-0.15, -0.1) is 0 Å². The fourth-order valence-electron chi connectivity index (χ4n) is 2.67. The van der Waals surface area contributed by atoms with Gasteiger partial charge in [-0.1, -0.05) is 24.3 Å². The first-order chi connectivity index (χ1) is 14.0. The van der Waals surface area contributed by atoms with E-state index in [0.29, 0.717) is 23.6 Å². The Labute approximate surface area is 168 Å². The van der Waals surface area contributed by atoms with Crippen molar-refractivity contribution in [1.82, 2.24) is 0 Å². The van der Waals surface area contributed by atoms with E-state index in [-0.39, 0.29) is 12.3 Å². The number of benzene rings is 3. The smallest absolute Gasteiger partial charge is 0.307 e. The Hall–Kier alpha value is -3.80. The van der Waals surface area contributed by atoms with Crippen LogP contribution in [0.15, 0.2) is 72.8 Å². The molecule has 2 N–H and O–H groups in total. The topological polar surface area (TPSA) is 84.9 Å². The fourth-order valence-corrected chi connectivity index (χ4v) is 2.67. The van der Waals surface area contributed by atoms with Gasteiger partial charge in [-0.2, -0.15) is 0 Å².